The van der Waals surface area contributed by atoms with Crippen LogP contribution in [0.1, 0.15) is 36.0 Å². The van der Waals surface area contributed by atoms with Crippen LogP contribution in [0.5, 0.6) is 0 Å². The molecule has 2 nitrogen and oxygen atoms in total. The van der Waals surface area contributed by atoms with Crippen LogP contribution < -0.4 is 0 Å². The molecule has 0 aliphatic heterocycles. The number of hydrogen-bond donors (Lipinski definition) is 0. The number of amides is 1. The summed E-state index contributed by atoms with van der Waals surface area (Å²) in [5, 5.41) is 3.87. The molecule has 4 heteroatoms. The Kier molecular flexibility index (Phi) is 4.03. The van der Waals surface area contributed by atoms with Crippen molar-refractivity contribution >= 4 is 33.2 Å². The fourth-order valence-corrected chi connectivity index (χ4v) is 3.82. The highest BCUT2D eigenvalue weighted by Gasteiger charge is 2.29. The number of nitrogens with zero attached hydrogens (tertiary/aromatic N) is 1. The van der Waals surface area contributed by atoms with Gasteiger partial charge in [-0.15, -0.1) is 0 Å². The molecule has 1 aliphatic carbocycles. The van der Waals surface area contributed by atoms with E-state index in [1.165, 1.54) is 19.3 Å². The van der Waals surface area contributed by atoms with E-state index >= 15 is 0 Å². The van der Waals surface area contributed by atoms with Crippen molar-refractivity contribution in [3.8, 4) is 0 Å². The summed E-state index contributed by atoms with van der Waals surface area (Å²) in [5.74, 6) is 0.151. The number of carbonyl (C=O) groups is 1. The predicted octanol–water partition coefficient (Wildman–Crippen LogP) is 3.53. The summed E-state index contributed by atoms with van der Waals surface area (Å²) in [7, 11) is 1.92. The van der Waals surface area contributed by atoms with E-state index < -0.39 is 0 Å². The lowest BCUT2D eigenvalue weighted by Gasteiger charge is -2.35. The van der Waals surface area contributed by atoms with Gasteiger partial charge in [-0.2, -0.15) is 11.3 Å². The topological polar surface area (TPSA) is 20.3 Å². The van der Waals surface area contributed by atoms with Gasteiger partial charge in [0.1, 0.15) is 0 Å². The highest BCUT2D eigenvalue weighted by Crippen LogP contribution is 2.28. The van der Waals surface area contributed by atoms with Crippen LogP contribution in [0.4, 0.5) is 0 Å². The third-order valence-electron chi connectivity index (χ3n) is 3.23. The average molecular weight is 302 g/mol. The van der Waals surface area contributed by atoms with Crippen LogP contribution in [0, 0.1) is 0 Å². The Hall–Kier alpha value is -0.350. The number of hydrogen-bond acceptors (Lipinski definition) is 2. The molecule has 1 aromatic rings. The Morgan fingerprint density at radius 1 is 1.50 bits per heavy atom. The Morgan fingerprint density at radius 3 is 2.88 bits per heavy atom. The minimum Gasteiger partial charge on any atom is -0.338 e. The highest BCUT2D eigenvalue weighted by atomic mass is 79.9. The van der Waals surface area contributed by atoms with E-state index in [1.54, 1.807) is 11.3 Å². The standard InChI is InChI=1S/C12H16BrNOS/c1-14(11-5-3-2-4-10(11)13)12(15)9-6-7-16-8-9/h6-8,10-11H,2-5H2,1H3. The molecule has 0 radical (unpaired) electrons. The summed E-state index contributed by atoms with van der Waals surface area (Å²) < 4.78 is 0. The van der Waals surface area contributed by atoms with Crippen molar-refractivity contribution in [2.75, 3.05) is 7.05 Å². The smallest absolute Gasteiger partial charge is 0.254 e. The second-order valence-corrected chi connectivity index (χ2v) is 6.25. The molecule has 1 heterocycles. The van der Waals surface area contributed by atoms with Crippen molar-refractivity contribution in [1.29, 1.82) is 0 Å². The van der Waals surface area contributed by atoms with Gasteiger partial charge in [0.2, 0.25) is 0 Å². The maximum atomic E-state index is 12.2. The van der Waals surface area contributed by atoms with Gasteiger partial charge >= 0.3 is 0 Å². The molecular formula is C12H16BrNOS. The summed E-state index contributed by atoms with van der Waals surface area (Å²) in [6.07, 6.45) is 4.79. The fraction of sp³-hybridized carbons (Fsp3) is 0.583. The first-order chi connectivity index (χ1) is 7.70. The lowest BCUT2D eigenvalue weighted by Crippen LogP contribution is -2.43. The molecule has 0 N–H and O–H groups in total. The SMILES string of the molecule is CN(C(=O)c1ccsc1)C1CCCCC1Br. The number of alkyl halides is 1. The maximum absolute atomic E-state index is 12.2. The monoisotopic (exact) mass is 301 g/mol. The largest absolute Gasteiger partial charge is 0.338 e. The summed E-state index contributed by atoms with van der Waals surface area (Å²) in [6.45, 7) is 0. The van der Waals surface area contributed by atoms with Crippen LogP contribution in [0.15, 0.2) is 16.8 Å². The summed E-state index contributed by atoms with van der Waals surface area (Å²) in [4.78, 5) is 14.5. The fourth-order valence-electron chi connectivity index (χ4n) is 2.24. The maximum Gasteiger partial charge on any atom is 0.254 e. The second-order valence-electron chi connectivity index (χ2n) is 4.30. The van der Waals surface area contributed by atoms with Gasteiger partial charge in [0.25, 0.3) is 5.91 Å². The van der Waals surface area contributed by atoms with Crippen molar-refractivity contribution in [3.63, 3.8) is 0 Å². The molecule has 2 atom stereocenters. The number of halogens is 1. The molecule has 1 aromatic heterocycles. The molecule has 0 spiro atoms. The van der Waals surface area contributed by atoms with Gasteiger partial charge < -0.3 is 4.90 Å². The quantitative estimate of drug-likeness (QED) is 0.765. The van der Waals surface area contributed by atoms with Crippen molar-refractivity contribution in [2.24, 2.45) is 0 Å². The van der Waals surface area contributed by atoms with E-state index in [0.29, 0.717) is 10.9 Å². The molecule has 0 aromatic carbocycles. The van der Waals surface area contributed by atoms with E-state index in [9.17, 15) is 4.79 Å². The first-order valence-corrected chi connectivity index (χ1v) is 7.49. The summed E-state index contributed by atoms with van der Waals surface area (Å²) >= 11 is 5.27. The van der Waals surface area contributed by atoms with Gasteiger partial charge in [-0.1, -0.05) is 28.8 Å². The lowest BCUT2D eigenvalue weighted by atomic mass is 9.94. The van der Waals surface area contributed by atoms with Gasteiger partial charge in [-0.25, -0.2) is 0 Å². The number of thiophene rings is 1. The third-order valence-corrected chi connectivity index (χ3v) is 4.98. The van der Waals surface area contributed by atoms with E-state index in [2.05, 4.69) is 15.9 Å². The summed E-state index contributed by atoms with van der Waals surface area (Å²) in [6, 6.07) is 2.25. The zero-order valence-corrected chi connectivity index (χ0v) is 11.8. The van der Waals surface area contributed by atoms with Crippen LogP contribution in [0.25, 0.3) is 0 Å². The molecule has 16 heavy (non-hydrogen) atoms. The first kappa shape index (κ1) is 12.1. The normalized spacial score (nSPS) is 25.4. The number of carbonyl (C=O) groups excluding carboxylic acids is 1. The molecule has 2 unspecified atom stereocenters. The van der Waals surface area contributed by atoms with E-state index in [1.807, 2.05) is 28.8 Å². The summed E-state index contributed by atoms with van der Waals surface area (Å²) in [5.41, 5.74) is 0.817. The first-order valence-electron chi connectivity index (χ1n) is 5.63. The van der Waals surface area contributed by atoms with Crippen molar-refractivity contribution in [2.45, 2.75) is 36.6 Å². The Labute approximate surface area is 109 Å². The van der Waals surface area contributed by atoms with Crippen molar-refractivity contribution in [1.82, 2.24) is 4.90 Å². The van der Waals surface area contributed by atoms with Crippen molar-refractivity contribution in [3.05, 3.63) is 22.4 Å². The molecule has 0 saturated heterocycles. The molecule has 2 rings (SSSR count). The van der Waals surface area contributed by atoms with E-state index in [0.717, 1.165) is 12.0 Å². The predicted molar refractivity (Wildman–Crippen MR) is 71.4 cm³/mol. The van der Waals surface area contributed by atoms with Crippen LogP contribution in [-0.4, -0.2) is 28.7 Å². The number of rotatable bonds is 2. The minimum absolute atomic E-state index is 0.151. The molecular weight excluding hydrogens is 286 g/mol. The zero-order chi connectivity index (χ0) is 11.5. The lowest BCUT2D eigenvalue weighted by molar-refractivity contribution is 0.0705. The average Bonchev–Trinajstić information content (AvgIpc) is 2.81. The highest BCUT2D eigenvalue weighted by molar-refractivity contribution is 9.09. The minimum atomic E-state index is 0.151. The van der Waals surface area contributed by atoms with Gasteiger partial charge in [0.05, 0.1) is 5.56 Å². The molecule has 1 aliphatic rings. The van der Waals surface area contributed by atoms with Gasteiger partial charge in [-0.05, 0) is 24.3 Å². The van der Waals surface area contributed by atoms with E-state index in [4.69, 9.17) is 0 Å². The van der Waals surface area contributed by atoms with Gasteiger partial charge in [0, 0.05) is 23.3 Å². The molecule has 1 saturated carbocycles. The molecule has 88 valence electrons. The van der Waals surface area contributed by atoms with Gasteiger partial charge in [-0.3, -0.25) is 4.79 Å². The second kappa shape index (κ2) is 5.32. The Bertz CT molecular complexity index is 352. The molecule has 1 amide bonds. The Morgan fingerprint density at radius 2 is 2.25 bits per heavy atom. The third kappa shape index (κ3) is 2.48. The van der Waals surface area contributed by atoms with Crippen molar-refractivity contribution < 1.29 is 4.79 Å². The van der Waals surface area contributed by atoms with Gasteiger partial charge in [0.15, 0.2) is 0 Å². The van der Waals surface area contributed by atoms with E-state index in [-0.39, 0.29) is 5.91 Å². The van der Waals surface area contributed by atoms with Crippen LogP contribution in [0.2, 0.25) is 0 Å². The molecule has 0 bridgehead atoms. The van der Waals surface area contributed by atoms with Crippen LogP contribution >= 0.6 is 27.3 Å². The van der Waals surface area contributed by atoms with Crippen LogP contribution in [0.3, 0.4) is 0 Å². The Balaban J connectivity index is 2.06. The van der Waals surface area contributed by atoms with Crippen LogP contribution in [-0.2, 0) is 0 Å². The molecule has 1 fully saturated rings. The zero-order valence-electron chi connectivity index (χ0n) is 9.36.